The van der Waals surface area contributed by atoms with Crippen LogP contribution in [0, 0.1) is 0 Å². The summed E-state index contributed by atoms with van der Waals surface area (Å²) in [7, 11) is 0. The fourth-order valence-electron chi connectivity index (χ4n) is 2.37. The summed E-state index contributed by atoms with van der Waals surface area (Å²) in [6.07, 6.45) is 0.858. The monoisotopic (exact) mass is 285 g/mol. The van der Waals surface area contributed by atoms with E-state index in [0.717, 1.165) is 11.1 Å². The first-order chi connectivity index (χ1) is 8.12. The summed E-state index contributed by atoms with van der Waals surface area (Å²) < 4.78 is 19.6. The third-order valence-corrected chi connectivity index (χ3v) is 11.3. The van der Waals surface area contributed by atoms with Crippen molar-refractivity contribution in [2.75, 3.05) is 32.9 Å². The van der Waals surface area contributed by atoms with Crippen molar-refractivity contribution in [2.45, 2.75) is 36.6 Å². The maximum atomic E-state index is 6.05. The Kier molecular flexibility index (Phi) is 8.85. The summed E-state index contributed by atoms with van der Waals surface area (Å²) in [6, 6.07) is 0. The van der Waals surface area contributed by atoms with Gasteiger partial charge < -0.3 is 0 Å². The number of rotatable bonds is 11. The first-order valence-electron chi connectivity index (χ1n) is 6.62. The van der Waals surface area contributed by atoms with Gasteiger partial charge in [-0.3, -0.25) is 0 Å². The molecule has 0 unspecified atom stereocenters. The average Bonchev–Trinajstić information content (AvgIpc) is 2.28. The third-order valence-electron chi connectivity index (χ3n) is 2.89. The molecule has 0 aromatic heterocycles. The fraction of sp³-hybridized carbons (Fsp3) is 1.00. The molecule has 0 saturated carbocycles. The third kappa shape index (κ3) is 4.95. The Balaban J connectivity index is 5.10. The van der Waals surface area contributed by atoms with E-state index in [9.17, 15) is 0 Å². The molecule has 0 aliphatic carbocycles. The zero-order valence-corrected chi connectivity index (χ0v) is 13.1. The molecule has 0 aromatic carbocycles. The van der Waals surface area contributed by atoms with Crippen LogP contribution in [0.2, 0.25) is 9.45 Å². The van der Waals surface area contributed by atoms with E-state index in [-0.39, 0.29) is 0 Å². The molecule has 0 atom stereocenters. The van der Waals surface area contributed by atoms with Gasteiger partial charge in [0.15, 0.2) is 0 Å². The fourth-order valence-corrected chi connectivity index (χ4v) is 9.78. The van der Waals surface area contributed by atoms with Crippen LogP contribution in [0.4, 0.5) is 0 Å². The second-order valence-corrected chi connectivity index (χ2v) is 11.3. The zero-order valence-electron chi connectivity index (χ0n) is 11.5. The van der Waals surface area contributed by atoms with Gasteiger partial charge in [-0.1, -0.05) is 0 Å². The van der Waals surface area contributed by atoms with Gasteiger partial charge in [0.25, 0.3) is 0 Å². The van der Waals surface area contributed by atoms with Gasteiger partial charge in [-0.05, 0) is 0 Å². The average molecular weight is 285 g/mol. The summed E-state index contributed by atoms with van der Waals surface area (Å²) in [5.74, 6) is 0. The number of hydrogen-bond acceptors (Lipinski definition) is 5. The Hall–Kier alpha value is 0.514. The Morgan fingerprint density at radius 2 is 1.24 bits per heavy atom. The second-order valence-electron chi connectivity index (χ2n) is 4.10. The Morgan fingerprint density at radius 3 is 1.53 bits per heavy atom. The Morgan fingerprint density at radius 1 is 0.765 bits per heavy atom. The van der Waals surface area contributed by atoms with Gasteiger partial charge in [0, 0.05) is 0 Å². The van der Waals surface area contributed by atoms with Crippen LogP contribution in [-0.2, 0) is 26.4 Å². The quantitative estimate of drug-likeness (QED) is 0.564. The second kappa shape index (κ2) is 8.59. The molecule has 4 N–H and O–H groups in total. The van der Waals surface area contributed by atoms with E-state index >= 15 is 0 Å². The molecule has 0 radical (unpaired) electrons. The van der Waals surface area contributed by atoms with Crippen molar-refractivity contribution in [1.82, 2.24) is 0 Å². The van der Waals surface area contributed by atoms with Crippen molar-refractivity contribution >= 4 is 0 Å². The van der Waals surface area contributed by atoms with E-state index in [1.807, 2.05) is 20.8 Å². The topological polar surface area (TPSA) is 79.7 Å². The summed E-state index contributed by atoms with van der Waals surface area (Å²) in [5.41, 5.74) is 11.4. The first kappa shape index (κ1) is 17.5. The van der Waals surface area contributed by atoms with Crippen LogP contribution in [0.15, 0.2) is 0 Å². The number of hydrogen-bond donors (Lipinski definition) is 2. The van der Waals surface area contributed by atoms with E-state index in [2.05, 4.69) is 0 Å². The predicted molar refractivity (Wildman–Crippen MR) is 67.2 cm³/mol. The van der Waals surface area contributed by atoms with Crippen LogP contribution in [0.3, 0.4) is 0 Å². The molecule has 0 heterocycles. The van der Waals surface area contributed by atoms with Crippen LogP contribution < -0.4 is 11.5 Å². The SMILES string of the molecule is CC[O][Ti]([CH2]CN)([CH2]CCN)([O]CC)[O]CC. The van der Waals surface area contributed by atoms with Crippen molar-refractivity contribution in [1.29, 1.82) is 0 Å². The molecule has 0 saturated heterocycles. The van der Waals surface area contributed by atoms with E-state index in [1.54, 1.807) is 0 Å². The molecule has 0 fully saturated rings. The number of nitrogens with two attached hydrogens (primary N) is 2. The molecular weight excluding hydrogens is 256 g/mol. The molecule has 0 rings (SSSR count). The van der Waals surface area contributed by atoms with Crippen molar-refractivity contribution in [3.8, 4) is 0 Å². The molecule has 0 aliphatic rings. The standard InChI is InChI=1S/C3H8N.C2H6N.3C2H5O.Ti/c1-2-3-4;4*1-2-3;/h1-4H2;1-3H2;3*2H2,1H3;/q;;3*-1;+3. The molecule has 17 heavy (non-hydrogen) atoms. The van der Waals surface area contributed by atoms with Crippen LogP contribution in [-0.4, -0.2) is 32.9 Å². The molecular formula is C11H29N2O3Ti. The molecule has 0 aliphatic heterocycles. The molecule has 105 valence electrons. The van der Waals surface area contributed by atoms with Crippen molar-refractivity contribution < 1.29 is 26.4 Å². The zero-order chi connectivity index (χ0) is 13.2. The molecule has 6 heteroatoms. The summed E-state index contributed by atoms with van der Waals surface area (Å²) >= 11 is -3.82. The maximum absolute atomic E-state index is 6.05. The van der Waals surface area contributed by atoms with E-state index in [0.29, 0.717) is 37.6 Å². The van der Waals surface area contributed by atoms with Gasteiger partial charge in [0.2, 0.25) is 0 Å². The van der Waals surface area contributed by atoms with Crippen LogP contribution >= 0.6 is 0 Å². The van der Waals surface area contributed by atoms with Gasteiger partial charge >= 0.3 is 107 Å². The molecule has 0 spiro atoms. The van der Waals surface area contributed by atoms with E-state index in [1.165, 1.54) is 0 Å². The van der Waals surface area contributed by atoms with Gasteiger partial charge in [0.05, 0.1) is 0 Å². The van der Waals surface area contributed by atoms with E-state index < -0.39 is 16.5 Å². The molecule has 5 nitrogen and oxygen atoms in total. The van der Waals surface area contributed by atoms with Crippen LogP contribution in [0.1, 0.15) is 27.2 Å². The normalized spacial score (nSPS) is 14.5. The molecule has 0 aromatic rings. The van der Waals surface area contributed by atoms with Crippen molar-refractivity contribution in [3.63, 3.8) is 0 Å². The first-order valence-corrected chi connectivity index (χ1v) is 10.7. The predicted octanol–water partition coefficient (Wildman–Crippen LogP) is 1.67. The summed E-state index contributed by atoms with van der Waals surface area (Å²) in [6.45, 7) is 8.86. The Bertz CT molecular complexity index is 170. The molecule has 0 bridgehead atoms. The summed E-state index contributed by atoms with van der Waals surface area (Å²) in [4.78, 5) is 0. The van der Waals surface area contributed by atoms with Crippen LogP contribution in [0.5, 0.6) is 0 Å². The van der Waals surface area contributed by atoms with Gasteiger partial charge in [-0.2, -0.15) is 0 Å². The Labute approximate surface area is 107 Å². The van der Waals surface area contributed by atoms with Gasteiger partial charge in [-0.15, -0.1) is 0 Å². The van der Waals surface area contributed by atoms with Gasteiger partial charge in [0.1, 0.15) is 0 Å². The van der Waals surface area contributed by atoms with Crippen molar-refractivity contribution in [2.24, 2.45) is 11.5 Å². The minimum atomic E-state index is -3.82. The van der Waals surface area contributed by atoms with Crippen molar-refractivity contribution in [3.05, 3.63) is 0 Å². The molecule has 0 amide bonds. The van der Waals surface area contributed by atoms with Gasteiger partial charge in [-0.25, -0.2) is 0 Å². The van der Waals surface area contributed by atoms with E-state index in [4.69, 9.17) is 21.4 Å². The van der Waals surface area contributed by atoms with Crippen LogP contribution in [0.25, 0.3) is 0 Å². The minimum absolute atomic E-state index is 0.530. The summed E-state index contributed by atoms with van der Waals surface area (Å²) in [5, 5.41) is 0.